The summed E-state index contributed by atoms with van der Waals surface area (Å²) in [6, 6.07) is 19.7. The van der Waals surface area contributed by atoms with Crippen LogP contribution in [0.3, 0.4) is 0 Å². The molecule has 1 aliphatic rings. The predicted octanol–water partition coefficient (Wildman–Crippen LogP) is 5.76. The van der Waals surface area contributed by atoms with E-state index in [4.69, 9.17) is 15.7 Å². The smallest absolute Gasteiger partial charge is 0.227 e. The van der Waals surface area contributed by atoms with Gasteiger partial charge in [0.25, 0.3) is 0 Å². The highest BCUT2D eigenvalue weighted by molar-refractivity contribution is 5.84. The van der Waals surface area contributed by atoms with Gasteiger partial charge >= 0.3 is 0 Å². The lowest BCUT2D eigenvalue weighted by Gasteiger charge is -2.29. The molecule has 0 bridgehead atoms. The molecule has 4 aromatic rings. The fourth-order valence-electron chi connectivity index (χ4n) is 4.76. The third kappa shape index (κ3) is 5.15. The van der Waals surface area contributed by atoms with Gasteiger partial charge in [0.2, 0.25) is 5.95 Å². The van der Waals surface area contributed by atoms with Gasteiger partial charge in [0.1, 0.15) is 0 Å². The van der Waals surface area contributed by atoms with Gasteiger partial charge in [-0.3, -0.25) is 0 Å². The summed E-state index contributed by atoms with van der Waals surface area (Å²) in [5.41, 5.74) is 11.7. The topological polar surface area (TPSA) is 93.7 Å². The molecule has 1 fully saturated rings. The van der Waals surface area contributed by atoms with Crippen molar-refractivity contribution in [1.82, 2.24) is 19.5 Å². The van der Waals surface area contributed by atoms with Crippen molar-refractivity contribution in [1.29, 1.82) is 0 Å². The molecule has 2 heterocycles. The number of aromatic nitrogens is 4. The molecule has 0 saturated heterocycles. The maximum absolute atomic E-state index is 6.39. The Morgan fingerprint density at radius 2 is 1.74 bits per heavy atom. The van der Waals surface area contributed by atoms with Crippen LogP contribution < -0.4 is 16.4 Å². The molecule has 2 aromatic carbocycles. The molecule has 1 aliphatic carbocycles. The summed E-state index contributed by atoms with van der Waals surface area (Å²) in [7, 11) is 0. The molecule has 0 radical (unpaired) electrons. The van der Waals surface area contributed by atoms with Crippen molar-refractivity contribution >= 4 is 22.9 Å². The molecule has 7 nitrogen and oxygen atoms in total. The van der Waals surface area contributed by atoms with E-state index in [2.05, 4.69) is 82.6 Å². The van der Waals surface area contributed by atoms with E-state index in [1.165, 1.54) is 29.5 Å². The maximum atomic E-state index is 6.39. The van der Waals surface area contributed by atoms with Crippen LogP contribution in [0.2, 0.25) is 0 Å². The first kappa shape index (κ1) is 23.3. The van der Waals surface area contributed by atoms with Gasteiger partial charge in [-0.1, -0.05) is 74.4 Å². The van der Waals surface area contributed by atoms with Crippen LogP contribution in [0.4, 0.5) is 11.8 Å². The third-order valence-corrected chi connectivity index (χ3v) is 7.14. The van der Waals surface area contributed by atoms with E-state index in [1.807, 2.05) is 12.4 Å². The first-order chi connectivity index (χ1) is 17.1. The standard InChI is InChI=1S/C28H35N7/c1-3-19(2)35-18-31-25-26(33-28(34-27(25)35)32-24-12-8-7-11-23(24)29)30-17-20-13-15-22(16-14-20)21-9-5-4-6-10-21/h4-6,9-10,13-16,18-19,23-24H,3,7-8,11-12,17,29H2,1-2H3,(H2,30,32,33,34). The normalized spacial score (nSPS) is 18.9. The van der Waals surface area contributed by atoms with Crippen molar-refractivity contribution in [3.05, 3.63) is 66.5 Å². The number of anilines is 2. The molecular formula is C28H35N7. The Hall–Kier alpha value is -3.45. The van der Waals surface area contributed by atoms with Crippen LogP contribution in [0.1, 0.15) is 57.6 Å². The summed E-state index contributed by atoms with van der Waals surface area (Å²) < 4.78 is 2.14. The molecule has 0 amide bonds. The second-order valence-electron chi connectivity index (χ2n) is 9.59. The van der Waals surface area contributed by atoms with E-state index < -0.39 is 0 Å². The zero-order valence-corrected chi connectivity index (χ0v) is 20.6. The van der Waals surface area contributed by atoms with Crippen molar-refractivity contribution in [3.8, 4) is 11.1 Å². The summed E-state index contributed by atoms with van der Waals surface area (Å²) in [4.78, 5) is 14.4. The largest absolute Gasteiger partial charge is 0.364 e. The number of fused-ring (bicyclic) bond motifs is 1. The third-order valence-electron chi connectivity index (χ3n) is 7.14. The highest BCUT2D eigenvalue weighted by Gasteiger charge is 2.24. The second-order valence-corrected chi connectivity index (χ2v) is 9.59. The number of hydrogen-bond donors (Lipinski definition) is 3. The van der Waals surface area contributed by atoms with Crippen LogP contribution in [0.5, 0.6) is 0 Å². The van der Waals surface area contributed by atoms with Crippen LogP contribution >= 0.6 is 0 Å². The zero-order chi connectivity index (χ0) is 24.2. The number of hydrogen-bond acceptors (Lipinski definition) is 6. The lowest BCUT2D eigenvalue weighted by Crippen LogP contribution is -2.43. The lowest BCUT2D eigenvalue weighted by molar-refractivity contribution is 0.402. The van der Waals surface area contributed by atoms with Gasteiger partial charge in [-0.2, -0.15) is 9.97 Å². The SMILES string of the molecule is CCC(C)n1cnc2c(NCc3ccc(-c4ccccc4)cc3)nc(NC3CCCCC3N)nc21. The van der Waals surface area contributed by atoms with Gasteiger partial charge in [0.05, 0.1) is 6.33 Å². The maximum Gasteiger partial charge on any atom is 0.227 e. The van der Waals surface area contributed by atoms with E-state index in [-0.39, 0.29) is 12.1 Å². The van der Waals surface area contributed by atoms with Crippen molar-refractivity contribution in [3.63, 3.8) is 0 Å². The highest BCUT2D eigenvalue weighted by atomic mass is 15.2. The Bertz CT molecular complexity index is 1250. The average Bonchev–Trinajstić information content (AvgIpc) is 3.33. The quantitative estimate of drug-likeness (QED) is 0.304. The first-order valence-electron chi connectivity index (χ1n) is 12.8. The summed E-state index contributed by atoms with van der Waals surface area (Å²) in [5.74, 6) is 1.36. The van der Waals surface area contributed by atoms with Crippen LogP contribution in [-0.4, -0.2) is 31.6 Å². The summed E-state index contributed by atoms with van der Waals surface area (Å²) >= 11 is 0. The minimum absolute atomic E-state index is 0.127. The molecule has 5 rings (SSSR count). The van der Waals surface area contributed by atoms with Crippen LogP contribution in [-0.2, 0) is 6.54 Å². The average molecular weight is 470 g/mol. The molecular weight excluding hydrogens is 434 g/mol. The van der Waals surface area contributed by atoms with Gasteiger partial charge in [0, 0.05) is 24.7 Å². The molecule has 35 heavy (non-hydrogen) atoms. The Morgan fingerprint density at radius 1 is 1.00 bits per heavy atom. The molecule has 1 saturated carbocycles. The van der Waals surface area contributed by atoms with Crippen molar-refractivity contribution in [2.24, 2.45) is 5.73 Å². The molecule has 4 N–H and O–H groups in total. The van der Waals surface area contributed by atoms with E-state index >= 15 is 0 Å². The Balaban J connectivity index is 1.40. The molecule has 2 aromatic heterocycles. The predicted molar refractivity (Wildman–Crippen MR) is 143 cm³/mol. The first-order valence-corrected chi connectivity index (χ1v) is 12.8. The monoisotopic (exact) mass is 469 g/mol. The van der Waals surface area contributed by atoms with Crippen LogP contribution in [0.25, 0.3) is 22.3 Å². The molecule has 0 spiro atoms. The van der Waals surface area contributed by atoms with E-state index in [1.54, 1.807) is 0 Å². The fourth-order valence-corrected chi connectivity index (χ4v) is 4.76. The Kier molecular flexibility index (Phi) is 6.95. The van der Waals surface area contributed by atoms with Crippen molar-refractivity contribution in [2.45, 2.75) is 70.6 Å². The molecule has 0 aliphatic heterocycles. The molecule has 3 unspecified atom stereocenters. The second kappa shape index (κ2) is 10.4. The van der Waals surface area contributed by atoms with Gasteiger partial charge in [-0.05, 0) is 42.9 Å². The number of nitrogens with zero attached hydrogens (tertiary/aromatic N) is 4. The van der Waals surface area contributed by atoms with Gasteiger partial charge in [0.15, 0.2) is 17.0 Å². The Morgan fingerprint density at radius 3 is 2.49 bits per heavy atom. The van der Waals surface area contributed by atoms with Gasteiger partial charge < -0.3 is 20.9 Å². The molecule has 182 valence electrons. The zero-order valence-electron chi connectivity index (χ0n) is 20.6. The van der Waals surface area contributed by atoms with E-state index in [9.17, 15) is 0 Å². The number of nitrogens with two attached hydrogens (primary N) is 1. The van der Waals surface area contributed by atoms with Crippen molar-refractivity contribution < 1.29 is 0 Å². The minimum atomic E-state index is 0.127. The number of imidazole rings is 1. The van der Waals surface area contributed by atoms with Gasteiger partial charge in [-0.15, -0.1) is 0 Å². The lowest BCUT2D eigenvalue weighted by atomic mass is 9.91. The van der Waals surface area contributed by atoms with Gasteiger partial charge in [-0.25, -0.2) is 4.98 Å². The summed E-state index contributed by atoms with van der Waals surface area (Å²) in [6.45, 7) is 5.02. The fraction of sp³-hybridized carbons (Fsp3) is 0.393. The summed E-state index contributed by atoms with van der Waals surface area (Å²) in [6.07, 6.45) is 7.34. The molecule has 3 atom stereocenters. The Labute approximate surface area is 207 Å². The number of benzene rings is 2. The minimum Gasteiger partial charge on any atom is -0.364 e. The van der Waals surface area contributed by atoms with Crippen molar-refractivity contribution in [2.75, 3.05) is 10.6 Å². The number of rotatable bonds is 8. The summed E-state index contributed by atoms with van der Waals surface area (Å²) in [5, 5.41) is 7.06. The van der Waals surface area contributed by atoms with Crippen LogP contribution in [0, 0.1) is 0 Å². The van der Waals surface area contributed by atoms with E-state index in [0.29, 0.717) is 18.5 Å². The van der Waals surface area contributed by atoms with E-state index in [0.717, 1.165) is 36.2 Å². The highest BCUT2D eigenvalue weighted by Crippen LogP contribution is 2.27. The number of nitrogens with one attached hydrogen (secondary N) is 2. The van der Waals surface area contributed by atoms with Crippen LogP contribution in [0.15, 0.2) is 60.9 Å². The molecule has 7 heteroatoms.